The smallest absolute Gasteiger partial charge is 0.319 e. The molecular weight excluding hydrogens is 280 g/mol. The number of carbonyl (C=O) groups is 2. The number of nitrogens with zero attached hydrogens (tertiary/aromatic N) is 1. The molecule has 6 nitrogen and oxygen atoms in total. The van der Waals surface area contributed by atoms with Gasteiger partial charge in [0.15, 0.2) is 0 Å². The standard InChI is InChI=1S/C16H22N4O2/c1-10-3-5-12(6-4-10)18-16(22)19-13-7-14-8-17-11(2)15(21)20(14)9-13/h3-6,11,13-14,17H,7-9H2,1-2H3,(H2,18,19,22)/t11?,13-,14?/m0/s1. The van der Waals surface area contributed by atoms with Gasteiger partial charge in [0.05, 0.1) is 12.1 Å². The first-order chi connectivity index (χ1) is 10.5. The van der Waals surface area contributed by atoms with Crippen molar-refractivity contribution in [2.45, 2.75) is 38.4 Å². The van der Waals surface area contributed by atoms with Crippen molar-refractivity contribution in [3.8, 4) is 0 Å². The Labute approximate surface area is 130 Å². The Morgan fingerprint density at radius 1 is 1.32 bits per heavy atom. The predicted molar refractivity (Wildman–Crippen MR) is 84.7 cm³/mol. The van der Waals surface area contributed by atoms with E-state index in [1.165, 1.54) is 0 Å². The van der Waals surface area contributed by atoms with Gasteiger partial charge in [-0.05, 0) is 32.4 Å². The van der Waals surface area contributed by atoms with Gasteiger partial charge in [-0.15, -0.1) is 0 Å². The van der Waals surface area contributed by atoms with Crippen molar-refractivity contribution in [1.82, 2.24) is 15.5 Å². The number of rotatable bonds is 2. The van der Waals surface area contributed by atoms with E-state index >= 15 is 0 Å². The molecular formula is C16H22N4O2. The topological polar surface area (TPSA) is 73.5 Å². The monoisotopic (exact) mass is 302 g/mol. The van der Waals surface area contributed by atoms with E-state index in [4.69, 9.17) is 0 Å². The van der Waals surface area contributed by atoms with Gasteiger partial charge >= 0.3 is 6.03 Å². The number of nitrogens with one attached hydrogen (secondary N) is 3. The molecule has 2 fully saturated rings. The summed E-state index contributed by atoms with van der Waals surface area (Å²) in [6, 6.07) is 7.51. The lowest BCUT2D eigenvalue weighted by Gasteiger charge is -2.33. The molecule has 0 radical (unpaired) electrons. The van der Waals surface area contributed by atoms with Crippen molar-refractivity contribution in [3.63, 3.8) is 0 Å². The lowest BCUT2D eigenvalue weighted by Crippen LogP contribution is -2.56. The minimum Gasteiger partial charge on any atom is -0.335 e. The van der Waals surface area contributed by atoms with Crippen LogP contribution in [0.2, 0.25) is 0 Å². The van der Waals surface area contributed by atoms with Crippen molar-refractivity contribution in [2.24, 2.45) is 0 Å². The Morgan fingerprint density at radius 2 is 2.05 bits per heavy atom. The van der Waals surface area contributed by atoms with Crippen LogP contribution in [-0.4, -0.2) is 48.1 Å². The normalized spacial score (nSPS) is 27.5. The first kappa shape index (κ1) is 14.8. The Hall–Kier alpha value is -2.08. The number of hydrogen-bond donors (Lipinski definition) is 3. The van der Waals surface area contributed by atoms with Gasteiger partial charge in [-0.1, -0.05) is 17.7 Å². The van der Waals surface area contributed by atoms with Gasteiger partial charge in [0, 0.05) is 24.8 Å². The third-order valence-electron chi connectivity index (χ3n) is 4.37. The molecule has 22 heavy (non-hydrogen) atoms. The van der Waals surface area contributed by atoms with E-state index in [0.717, 1.165) is 24.2 Å². The quantitative estimate of drug-likeness (QED) is 0.765. The number of urea groups is 1. The van der Waals surface area contributed by atoms with Gasteiger partial charge in [-0.3, -0.25) is 4.79 Å². The number of hydrogen-bond acceptors (Lipinski definition) is 3. The van der Waals surface area contributed by atoms with Crippen LogP contribution >= 0.6 is 0 Å². The van der Waals surface area contributed by atoms with Crippen LogP contribution in [0.15, 0.2) is 24.3 Å². The largest absolute Gasteiger partial charge is 0.335 e. The maximum atomic E-state index is 12.1. The van der Waals surface area contributed by atoms with E-state index in [1.54, 1.807) is 0 Å². The second kappa shape index (κ2) is 5.96. The summed E-state index contributed by atoms with van der Waals surface area (Å²) in [5.74, 6) is 0.125. The van der Waals surface area contributed by atoms with E-state index in [9.17, 15) is 9.59 Å². The van der Waals surface area contributed by atoms with Crippen LogP contribution in [0.5, 0.6) is 0 Å². The molecule has 1 aromatic rings. The summed E-state index contributed by atoms with van der Waals surface area (Å²) in [7, 11) is 0. The van der Waals surface area contributed by atoms with Gasteiger partial charge in [0.2, 0.25) is 5.91 Å². The third-order valence-corrected chi connectivity index (χ3v) is 4.37. The molecule has 3 N–H and O–H groups in total. The molecule has 2 saturated heterocycles. The van der Waals surface area contributed by atoms with Gasteiger partial charge in [-0.2, -0.15) is 0 Å². The second-order valence-corrected chi connectivity index (χ2v) is 6.17. The predicted octanol–water partition coefficient (Wildman–Crippen LogP) is 1.08. The van der Waals surface area contributed by atoms with Crippen molar-refractivity contribution >= 4 is 17.6 Å². The molecule has 3 rings (SSSR count). The Balaban J connectivity index is 1.54. The van der Waals surface area contributed by atoms with Gasteiger partial charge < -0.3 is 20.9 Å². The fraction of sp³-hybridized carbons (Fsp3) is 0.500. The second-order valence-electron chi connectivity index (χ2n) is 6.17. The molecule has 2 heterocycles. The van der Waals surface area contributed by atoms with Gasteiger partial charge in [0.25, 0.3) is 0 Å². The number of benzene rings is 1. The zero-order chi connectivity index (χ0) is 15.7. The summed E-state index contributed by atoms with van der Waals surface area (Å²) in [5.41, 5.74) is 1.92. The first-order valence-corrected chi connectivity index (χ1v) is 7.71. The molecule has 3 atom stereocenters. The molecule has 2 unspecified atom stereocenters. The summed E-state index contributed by atoms with van der Waals surface area (Å²) in [6.07, 6.45) is 0.798. The number of carbonyl (C=O) groups excluding carboxylic acids is 2. The van der Waals surface area contributed by atoms with Crippen LogP contribution in [0, 0.1) is 6.92 Å². The number of amides is 3. The van der Waals surface area contributed by atoms with E-state index in [2.05, 4.69) is 16.0 Å². The third kappa shape index (κ3) is 3.06. The Morgan fingerprint density at radius 3 is 2.77 bits per heavy atom. The van der Waals surface area contributed by atoms with E-state index in [0.29, 0.717) is 6.54 Å². The zero-order valence-corrected chi connectivity index (χ0v) is 12.9. The highest BCUT2D eigenvalue weighted by Crippen LogP contribution is 2.21. The Bertz CT molecular complexity index is 572. The van der Waals surface area contributed by atoms with Crippen LogP contribution in [-0.2, 0) is 4.79 Å². The summed E-state index contributed by atoms with van der Waals surface area (Å²) in [5, 5.41) is 8.99. The summed E-state index contributed by atoms with van der Waals surface area (Å²) >= 11 is 0. The maximum absolute atomic E-state index is 12.1. The SMILES string of the molecule is Cc1ccc(NC(=O)N[C@H]2CC3CNC(C)C(=O)N3C2)cc1. The van der Waals surface area contributed by atoms with Crippen LogP contribution in [0.25, 0.3) is 0 Å². The van der Waals surface area contributed by atoms with Crippen molar-refractivity contribution in [3.05, 3.63) is 29.8 Å². The molecule has 6 heteroatoms. The average Bonchev–Trinajstić information content (AvgIpc) is 2.89. The van der Waals surface area contributed by atoms with Gasteiger partial charge in [-0.25, -0.2) is 4.79 Å². The molecule has 2 aliphatic heterocycles. The highest BCUT2D eigenvalue weighted by Gasteiger charge is 2.40. The van der Waals surface area contributed by atoms with Crippen molar-refractivity contribution < 1.29 is 9.59 Å². The lowest BCUT2D eigenvalue weighted by atomic mass is 10.1. The summed E-state index contributed by atoms with van der Waals surface area (Å²) in [6.45, 7) is 5.27. The number of piperazine rings is 1. The fourth-order valence-electron chi connectivity index (χ4n) is 3.12. The van der Waals surface area contributed by atoms with Crippen LogP contribution in [0.1, 0.15) is 18.9 Å². The minimum atomic E-state index is -0.220. The molecule has 0 saturated carbocycles. The highest BCUT2D eigenvalue weighted by atomic mass is 16.2. The summed E-state index contributed by atoms with van der Waals surface area (Å²) in [4.78, 5) is 26.0. The molecule has 0 aromatic heterocycles. The maximum Gasteiger partial charge on any atom is 0.319 e. The molecule has 0 spiro atoms. The van der Waals surface area contributed by atoms with Crippen molar-refractivity contribution in [2.75, 3.05) is 18.4 Å². The number of aryl methyl sites for hydroxylation is 1. The molecule has 3 amide bonds. The number of fused-ring (bicyclic) bond motifs is 1. The van der Waals surface area contributed by atoms with E-state index in [1.807, 2.05) is 43.0 Å². The minimum absolute atomic E-state index is 0.00602. The first-order valence-electron chi connectivity index (χ1n) is 7.71. The van der Waals surface area contributed by atoms with Crippen LogP contribution in [0.4, 0.5) is 10.5 Å². The zero-order valence-electron chi connectivity index (χ0n) is 12.9. The van der Waals surface area contributed by atoms with Gasteiger partial charge in [0.1, 0.15) is 0 Å². The summed E-state index contributed by atoms with van der Waals surface area (Å²) < 4.78 is 0. The molecule has 2 aliphatic rings. The van der Waals surface area contributed by atoms with Crippen molar-refractivity contribution in [1.29, 1.82) is 0 Å². The molecule has 0 bridgehead atoms. The molecule has 1 aromatic carbocycles. The molecule has 0 aliphatic carbocycles. The Kier molecular flexibility index (Phi) is 4.02. The van der Waals surface area contributed by atoms with E-state index in [-0.39, 0.29) is 30.1 Å². The lowest BCUT2D eigenvalue weighted by molar-refractivity contribution is -0.136. The molecule has 118 valence electrons. The highest BCUT2D eigenvalue weighted by molar-refractivity contribution is 5.89. The van der Waals surface area contributed by atoms with Crippen LogP contribution in [0.3, 0.4) is 0 Å². The average molecular weight is 302 g/mol. The van der Waals surface area contributed by atoms with E-state index < -0.39 is 0 Å². The number of anilines is 1. The fourth-order valence-corrected chi connectivity index (χ4v) is 3.12. The van der Waals surface area contributed by atoms with Crippen LogP contribution < -0.4 is 16.0 Å².